The number of rotatable bonds is 5. The van der Waals surface area contributed by atoms with E-state index in [1.807, 2.05) is 17.5 Å². The van der Waals surface area contributed by atoms with Crippen LogP contribution in [0, 0.1) is 10.1 Å². The van der Waals surface area contributed by atoms with Gasteiger partial charge in [-0.3, -0.25) is 10.1 Å². The first-order valence-corrected chi connectivity index (χ1v) is 7.00. The van der Waals surface area contributed by atoms with E-state index in [9.17, 15) is 10.1 Å². The molecule has 2 rings (SSSR count). The maximum atomic E-state index is 10.6. The maximum Gasteiger partial charge on any atom is 0.324 e. The van der Waals surface area contributed by atoms with E-state index in [0.29, 0.717) is 12.5 Å². The molecule has 0 saturated carbocycles. The van der Waals surface area contributed by atoms with Crippen LogP contribution < -0.4 is 5.32 Å². The maximum absolute atomic E-state index is 10.6. The average molecular weight is 276 g/mol. The molecule has 19 heavy (non-hydrogen) atoms. The predicted octanol–water partition coefficient (Wildman–Crippen LogP) is 4.39. The van der Waals surface area contributed by atoms with E-state index in [1.54, 1.807) is 6.07 Å². The summed E-state index contributed by atoms with van der Waals surface area (Å²) in [5.41, 5.74) is 3.26. The second-order valence-electron chi connectivity index (χ2n) is 4.68. The lowest BCUT2D eigenvalue weighted by Crippen LogP contribution is -1.99. The molecule has 4 nitrogen and oxygen atoms in total. The normalized spacial score (nSPS) is 10.7. The van der Waals surface area contributed by atoms with Gasteiger partial charge in [0, 0.05) is 23.7 Å². The van der Waals surface area contributed by atoms with Crippen molar-refractivity contribution in [1.29, 1.82) is 0 Å². The highest BCUT2D eigenvalue weighted by Gasteiger charge is 2.09. The van der Waals surface area contributed by atoms with Crippen LogP contribution in [0.2, 0.25) is 0 Å². The number of benzene rings is 1. The lowest BCUT2D eigenvalue weighted by molar-refractivity contribution is -0.380. The Balaban J connectivity index is 2.01. The summed E-state index contributed by atoms with van der Waals surface area (Å²) in [6.07, 6.45) is 0. The predicted molar refractivity (Wildman–Crippen MR) is 78.8 cm³/mol. The van der Waals surface area contributed by atoms with Crippen LogP contribution in [0.4, 0.5) is 10.7 Å². The van der Waals surface area contributed by atoms with Gasteiger partial charge in [0.2, 0.25) is 0 Å². The van der Waals surface area contributed by atoms with Crippen LogP contribution in [0.3, 0.4) is 0 Å². The summed E-state index contributed by atoms with van der Waals surface area (Å²) in [5.74, 6) is 0.490. The van der Waals surface area contributed by atoms with Gasteiger partial charge in [-0.25, -0.2) is 0 Å². The number of anilines is 1. The van der Waals surface area contributed by atoms with Gasteiger partial charge in [0.05, 0.1) is 4.92 Å². The van der Waals surface area contributed by atoms with Crippen molar-refractivity contribution in [3.8, 4) is 0 Å². The van der Waals surface area contributed by atoms with Crippen LogP contribution in [-0.2, 0) is 6.54 Å². The first kappa shape index (κ1) is 13.5. The molecule has 1 heterocycles. The minimum absolute atomic E-state index is 0.188. The zero-order chi connectivity index (χ0) is 13.8. The van der Waals surface area contributed by atoms with Crippen LogP contribution in [0.25, 0.3) is 0 Å². The molecule has 1 N–H and O–H groups in total. The van der Waals surface area contributed by atoms with Gasteiger partial charge < -0.3 is 5.32 Å². The summed E-state index contributed by atoms with van der Waals surface area (Å²) in [7, 11) is 0. The van der Waals surface area contributed by atoms with Crippen molar-refractivity contribution in [3.63, 3.8) is 0 Å². The van der Waals surface area contributed by atoms with Crippen molar-refractivity contribution in [2.24, 2.45) is 0 Å². The van der Waals surface area contributed by atoms with E-state index in [2.05, 4.69) is 31.3 Å². The topological polar surface area (TPSA) is 55.2 Å². The van der Waals surface area contributed by atoms with Crippen molar-refractivity contribution in [2.75, 3.05) is 5.32 Å². The second-order valence-corrected chi connectivity index (χ2v) is 5.57. The van der Waals surface area contributed by atoms with Crippen molar-refractivity contribution in [3.05, 3.63) is 57.0 Å². The van der Waals surface area contributed by atoms with E-state index in [0.717, 1.165) is 22.6 Å². The van der Waals surface area contributed by atoms with Crippen molar-refractivity contribution >= 4 is 22.0 Å². The highest BCUT2D eigenvalue weighted by molar-refractivity contribution is 7.13. The van der Waals surface area contributed by atoms with Gasteiger partial charge in [-0.1, -0.05) is 37.3 Å². The molecule has 0 fully saturated rings. The molecule has 0 saturated heterocycles. The molecule has 0 atom stereocenters. The second kappa shape index (κ2) is 5.84. The standard InChI is InChI=1S/C14H16N2O2S/c1-10(2)12-4-3-5-13(7-12)15-8-11-6-14(16(17)18)19-9-11/h3-7,9-10,15H,8H2,1-2H3. The molecule has 1 aromatic carbocycles. The molecule has 0 radical (unpaired) electrons. The molecule has 0 amide bonds. The molecule has 100 valence electrons. The summed E-state index contributed by atoms with van der Waals surface area (Å²) in [5, 5.41) is 15.9. The Kier molecular flexibility index (Phi) is 4.16. The van der Waals surface area contributed by atoms with Crippen molar-refractivity contribution in [1.82, 2.24) is 0 Å². The smallest absolute Gasteiger partial charge is 0.324 e. The van der Waals surface area contributed by atoms with Crippen LogP contribution >= 0.6 is 11.3 Å². The van der Waals surface area contributed by atoms with E-state index in [1.165, 1.54) is 5.56 Å². The van der Waals surface area contributed by atoms with E-state index in [-0.39, 0.29) is 9.92 Å². The fourth-order valence-corrected chi connectivity index (χ4v) is 2.49. The number of hydrogen-bond acceptors (Lipinski definition) is 4. The third-order valence-electron chi connectivity index (χ3n) is 2.87. The minimum atomic E-state index is -0.354. The molecule has 2 aromatic rings. The summed E-state index contributed by atoms with van der Waals surface area (Å²) in [4.78, 5) is 10.3. The molecule has 1 aromatic heterocycles. The van der Waals surface area contributed by atoms with Gasteiger partial charge in [-0.05, 0) is 29.2 Å². The average Bonchev–Trinajstić information content (AvgIpc) is 2.85. The number of hydrogen-bond donors (Lipinski definition) is 1. The molecule has 0 aliphatic heterocycles. The van der Waals surface area contributed by atoms with Crippen LogP contribution in [-0.4, -0.2) is 4.92 Å². The number of nitro groups is 1. The summed E-state index contributed by atoms with van der Waals surface area (Å²) in [6.45, 7) is 4.91. The third-order valence-corrected chi connectivity index (χ3v) is 3.80. The van der Waals surface area contributed by atoms with E-state index >= 15 is 0 Å². The molecule has 0 aliphatic rings. The quantitative estimate of drug-likeness (QED) is 0.650. The largest absolute Gasteiger partial charge is 0.381 e. The van der Waals surface area contributed by atoms with E-state index in [4.69, 9.17) is 0 Å². The fourth-order valence-electron chi connectivity index (χ4n) is 1.76. The minimum Gasteiger partial charge on any atom is -0.381 e. The molecular weight excluding hydrogens is 260 g/mol. The van der Waals surface area contributed by atoms with Crippen LogP contribution in [0.15, 0.2) is 35.7 Å². The third kappa shape index (κ3) is 3.54. The Labute approximate surface area is 116 Å². The lowest BCUT2D eigenvalue weighted by Gasteiger charge is -2.09. The molecule has 5 heteroatoms. The van der Waals surface area contributed by atoms with Gasteiger partial charge in [0.1, 0.15) is 0 Å². The Bertz CT molecular complexity index is 578. The molecule has 0 spiro atoms. The lowest BCUT2D eigenvalue weighted by atomic mass is 10.0. The van der Waals surface area contributed by atoms with E-state index < -0.39 is 0 Å². The summed E-state index contributed by atoms with van der Waals surface area (Å²) in [6, 6.07) is 9.86. The summed E-state index contributed by atoms with van der Waals surface area (Å²) < 4.78 is 0. The molecule has 0 bridgehead atoms. The Morgan fingerprint density at radius 2 is 2.16 bits per heavy atom. The summed E-state index contributed by atoms with van der Waals surface area (Å²) >= 11 is 1.16. The van der Waals surface area contributed by atoms with Gasteiger partial charge >= 0.3 is 5.00 Å². The van der Waals surface area contributed by atoms with Gasteiger partial charge in [-0.2, -0.15) is 0 Å². The van der Waals surface area contributed by atoms with Crippen LogP contribution in [0.1, 0.15) is 30.9 Å². The van der Waals surface area contributed by atoms with Crippen molar-refractivity contribution < 1.29 is 4.92 Å². The monoisotopic (exact) mass is 276 g/mol. The zero-order valence-electron chi connectivity index (χ0n) is 10.9. The fraction of sp³-hybridized carbons (Fsp3) is 0.286. The Morgan fingerprint density at radius 1 is 1.37 bits per heavy atom. The van der Waals surface area contributed by atoms with Gasteiger partial charge in [0.15, 0.2) is 0 Å². The Hall–Kier alpha value is -1.88. The van der Waals surface area contributed by atoms with Crippen LogP contribution in [0.5, 0.6) is 0 Å². The first-order valence-electron chi connectivity index (χ1n) is 6.12. The number of nitrogens with zero attached hydrogens (tertiary/aromatic N) is 1. The molecule has 0 aliphatic carbocycles. The molecule has 0 unspecified atom stereocenters. The zero-order valence-corrected chi connectivity index (χ0v) is 11.7. The van der Waals surface area contributed by atoms with Crippen molar-refractivity contribution in [2.45, 2.75) is 26.3 Å². The SMILES string of the molecule is CC(C)c1cccc(NCc2csc([N+](=O)[O-])c2)c1. The highest BCUT2D eigenvalue weighted by Crippen LogP contribution is 2.24. The molecular formula is C14H16N2O2S. The number of nitrogens with one attached hydrogen (secondary N) is 1. The van der Waals surface area contributed by atoms with Gasteiger partial charge in [0.25, 0.3) is 0 Å². The number of thiophene rings is 1. The first-order chi connectivity index (χ1) is 9.06. The highest BCUT2D eigenvalue weighted by atomic mass is 32.1. The van der Waals surface area contributed by atoms with Gasteiger partial charge in [-0.15, -0.1) is 0 Å². The Morgan fingerprint density at radius 3 is 2.79 bits per heavy atom.